The number of carboxylic acids is 1. The molecule has 0 aliphatic rings. The maximum Gasteiger partial charge on any atom is 0.303 e. The quantitative estimate of drug-likeness (QED) is 0.809. The number of aryl methyl sites for hydroxylation is 1. The summed E-state index contributed by atoms with van der Waals surface area (Å²) in [5.41, 5.74) is 2.40. The molecule has 0 heterocycles. The van der Waals surface area contributed by atoms with E-state index < -0.39 is 5.97 Å². The van der Waals surface area contributed by atoms with Crippen molar-refractivity contribution in [3.8, 4) is 0 Å². The van der Waals surface area contributed by atoms with E-state index in [-0.39, 0.29) is 24.8 Å². The van der Waals surface area contributed by atoms with Crippen molar-refractivity contribution >= 4 is 11.9 Å². The van der Waals surface area contributed by atoms with E-state index in [0.717, 1.165) is 6.42 Å². The second-order valence-corrected chi connectivity index (χ2v) is 4.49. The molecule has 0 saturated heterocycles. The second-order valence-electron chi connectivity index (χ2n) is 4.49. The first-order chi connectivity index (χ1) is 8.49. The van der Waals surface area contributed by atoms with E-state index in [9.17, 15) is 9.59 Å². The van der Waals surface area contributed by atoms with Gasteiger partial charge in [0.1, 0.15) is 0 Å². The topological polar surface area (TPSA) is 66.4 Å². The van der Waals surface area contributed by atoms with E-state index in [2.05, 4.69) is 5.32 Å². The molecule has 0 bridgehead atoms. The predicted octanol–water partition coefficient (Wildman–Crippen LogP) is 1.91. The third kappa shape index (κ3) is 4.99. The molecule has 0 saturated carbocycles. The summed E-state index contributed by atoms with van der Waals surface area (Å²) in [6, 6.07) is 8.03. The highest BCUT2D eigenvalue weighted by molar-refractivity contribution is 5.80. The highest BCUT2D eigenvalue weighted by Crippen LogP contribution is 2.09. The summed E-state index contributed by atoms with van der Waals surface area (Å²) in [5.74, 6) is -1.16. The molecule has 2 N–H and O–H groups in total. The first kappa shape index (κ1) is 14.2. The van der Waals surface area contributed by atoms with E-state index in [0.29, 0.717) is 0 Å². The third-order valence-corrected chi connectivity index (χ3v) is 2.76. The van der Waals surface area contributed by atoms with E-state index >= 15 is 0 Å². The van der Waals surface area contributed by atoms with Gasteiger partial charge in [0.25, 0.3) is 0 Å². The molecule has 18 heavy (non-hydrogen) atoms. The van der Waals surface area contributed by atoms with Crippen LogP contribution in [0.5, 0.6) is 0 Å². The Hall–Kier alpha value is -1.84. The lowest BCUT2D eigenvalue weighted by Gasteiger charge is -2.15. The summed E-state index contributed by atoms with van der Waals surface area (Å²) in [4.78, 5) is 21.8. The summed E-state index contributed by atoms with van der Waals surface area (Å²) in [6.45, 7) is 3.96. The number of carboxylic acid groups (broad SMARTS) is 1. The summed E-state index contributed by atoms with van der Waals surface area (Å²) in [6.07, 6.45) is 0.669. The lowest BCUT2D eigenvalue weighted by atomic mass is 10.0. The number of rotatable bonds is 6. The van der Waals surface area contributed by atoms with Gasteiger partial charge < -0.3 is 10.4 Å². The van der Waals surface area contributed by atoms with Crippen LogP contribution in [0.15, 0.2) is 24.3 Å². The lowest BCUT2D eigenvalue weighted by molar-refractivity contribution is -0.138. The molecular formula is C14H19NO3. The van der Waals surface area contributed by atoms with Crippen molar-refractivity contribution in [1.29, 1.82) is 0 Å². The van der Waals surface area contributed by atoms with Crippen LogP contribution in [-0.4, -0.2) is 23.0 Å². The van der Waals surface area contributed by atoms with Crippen LogP contribution in [-0.2, 0) is 16.0 Å². The van der Waals surface area contributed by atoms with Gasteiger partial charge in [0.2, 0.25) is 5.91 Å². The van der Waals surface area contributed by atoms with E-state index in [1.165, 1.54) is 11.1 Å². The molecule has 1 aromatic rings. The van der Waals surface area contributed by atoms with E-state index in [1.54, 1.807) is 0 Å². The number of carbonyl (C=O) groups excluding carboxylic acids is 1. The minimum atomic E-state index is -0.947. The van der Waals surface area contributed by atoms with Crippen molar-refractivity contribution in [3.63, 3.8) is 0 Å². The summed E-state index contributed by atoms with van der Waals surface area (Å²) in [5, 5.41) is 11.3. The van der Waals surface area contributed by atoms with Crippen LogP contribution in [0.1, 0.15) is 30.9 Å². The molecule has 1 aromatic carbocycles. The SMILES string of the molecule is Cc1ccccc1CC(C)NC(=O)CCC(=O)O. The third-order valence-electron chi connectivity index (χ3n) is 2.76. The van der Waals surface area contributed by atoms with Gasteiger partial charge in [-0.2, -0.15) is 0 Å². The van der Waals surface area contributed by atoms with Gasteiger partial charge in [-0.25, -0.2) is 0 Å². The Bertz CT molecular complexity index is 429. The zero-order valence-corrected chi connectivity index (χ0v) is 10.8. The number of nitrogens with one attached hydrogen (secondary N) is 1. The Kier molecular flexibility index (Phi) is 5.36. The lowest BCUT2D eigenvalue weighted by Crippen LogP contribution is -2.34. The van der Waals surface area contributed by atoms with Crippen LogP contribution in [0.3, 0.4) is 0 Å². The molecule has 4 nitrogen and oxygen atoms in total. The fraction of sp³-hybridized carbons (Fsp3) is 0.429. The minimum absolute atomic E-state index is 0.00685. The van der Waals surface area contributed by atoms with Gasteiger partial charge in [-0.05, 0) is 31.4 Å². The normalized spacial score (nSPS) is 11.9. The van der Waals surface area contributed by atoms with Crippen molar-refractivity contribution in [2.24, 2.45) is 0 Å². The Morgan fingerprint density at radius 1 is 1.28 bits per heavy atom. The molecule has 1 unspecified atom stereocenters. The number of aliphatic carboxylic acids is 1. The van der Waals surface area contributed by atoms with Crippen LogP contribution < -0.4 is 5.32 Å². The number of amides is 1. The molecule has 0 spiro atoms. The van der Waals surface area contributed by atoms with Gasteiger partial charge in [-0.15, -0.1) is 0 Å². The van der Waals surface area contributed by atoms with Crippen molar-refractivity contribution in [3.05, 3.63) is 35.4 Å². The fourth-order valence-electron chi connectivity index (χ4n) is 1.79. The van der Waals surface area contributed by atoms with Gasteiger partial charge in [0.05, 0.1) is 6.42 Å². The zero-order valence-electron chi connectivity index (χ0n) is 10.8. The highest BCUT2D eigenvalue weighted by atomic mass is 16.4. The van der Waals surface area contributed by atoms with Crippen molar-refractivity contribution in [2.45, 2.75) is 39.2 Å². The number of carbonyl (C=O) groups is 2. The summed E-state index contributed by atoms with van der Waals surface area (Å²) in [7, 11) is 0. The van der Waals surface area contributed by atoms with Gasteiger partial charge in [-0.3, -0.25) is 9.59 Å². The second kappa shape index (κ2) is 6.79. The molecule has 98 valence electrons. The molecular weight excluding hydrogens is 230 g/mol. The number of hydrogen-bond donors (Lipinski definition) is 2. The molecule has 0 fully saturated rings. The highest BCUT2D eigenvalue weighted by Gasteiger charge is 2.10. The Balaban J connectivity index is 2.42. The zero-order chi connectivity index (χ0) is 13.5. The molecule has 1 amide bonds. The molecule has 0 aromatic heterocycles. The van der Waals surface area contributed by atoms with Gasteiger partial charge >= 0.3 is 5.97 Å². The molecule has 0 aliphatic carbocycles. The van der Waals surface area contributed by atoms with Crippen molar-refractivity contribution in [2.75, 3.05) is 0 Å². The van der Waals surface area contributed by atoms with Crippen molar-refractivity contribution < 1.29 is 14.7 Å². The average molecular weight is 249 g/mol. The maximum absolute atomic E-state index is 11.5. The number of benzene rings is 1. The Labute approximate surface area is 107 Å². The van der Waals surface area contributed by atoms with E-state index in [1.807, 2.05) is 38.1 Å². The minimum Gasteiger partial charge on any atom is -0.481 e. The van der Waals surface area contributed by atoms with Gasteiger partial charge in [0, 0.05) is 12.5 Å². The first-order valence-electron chi connectivity index (χ1n) is 6.04. The predicted molar refractivity (Wildman–Crippen MR) is 69.4 cm³/mol. The van der Waals surface area contributed by atoms with Crippen LogP contribution in [0.2, 0.25) is 0 Å². The van der Waals surface area contributed by atoms with Crippen LogP contribution >= 0.6 is 0 Å². The molecule has 4 heteroatoms. The Morgan fingerprint density at radius 2 is 1.94 bits per heavy atom. The van der Waals surface area contributed by atoms with E-state index in [4.69, 9.17) is 5.11 Å². The van der Waals surface area contributed by atoms with Crippen LogP contribution in [0, 0.1) is 6.92 Å². The standard InChI is InChI=1S/C14H19NO3/c1-10-5-3-4-6-12(10)9-11(2)15-13(16)7-8-14(17)18/h3-6,11H,7-9H2,1-2H3,(H,15,16)(H,17,18). The largest absolute Gasteiger partial charge is 0.481 e. The van der Waals surface area contributed by atoms with Crippen LogP contribution in [0.4, 0.5) is 0 Å². The van der Waals surface area contributed by atoms with Gasteiger partial charge in [-0.1, -0.05) is 24.3 Å². The monoisotopic (exact) mass is 249 g/mol. The molecule has 0 aliphatic heterocycles. The first-order valence-corrected chi connectivity index (χ1v) is 6.04. The fourth-order valence-corrected chi connectivity index (χ4v) is 1.79. The number of hydrogen-bond acceptors (Lipinski definition) is 2. The summed E-state index contributed by atoms with van der Waals surface area (Å²) < 4.78 is 0. The smallest absolute Gasteiger partial charge is 0.303 e. The molecule has 1 rings (SSSR count). The average Bonchev–Trinajstić information content (AvgIpc) is 2.29. The summed E-state index contributed by atoms with van der Waals surface area (Å²) >= 11 is 0. The molecule has 0 radical (unpaired) electrons. The maximum atomic E-state index is 11.5. The van der Waals surface area contributed by atoms with Crippen LogP contribution in [0.25, 0.3) is 0 Å². The Morgan fingerprint density at radius 3 is 2.56 bits per heavy atom. The molecule has 1 atom stereocenters. The van der Waals surface area contributed by atoms with Gasteiger partial charge in [0.15, 0.2) is 0 Å². The van der Waals surface area contributed by atoms with Crippen molar-refractivity contribution in [1.82, 2.24) is 5.32 Å².